The maximum Gasteiger partial charge on any atom is 0.274 e. The van der Waals surface area contributed by atoms with Crippen LogP contribution in [0.5, 0.6) is 0 Å². The van der Waals surface area contributed by atoms with Crippen LogP contribution in [0.1, 0.15) is 63.0 Å². The minimum Gasteiger partial charge on any atom is -0.350 e. The summed E-state index contributed by atoms with van der Waals surface area (Å²) in [7, 11) is 0. The second-order valence-corrected chi connectivity index (χ2v) is 10.1. The maximum atomic E-state index is 13.7. The molecule has 5 rings (SSSR count). The molecular weight excluding hydrogens is 454 g/mol. The van der Waals surface area contributed by atoms with Gasteiger partial charge in [0.15, 0.2) is 5.69 Å². The van der Waals surface area contributed by atoms with Crippen molar-refractivity contribution in [3.63, 3.8) is 0 Å². The van der Waals surface area contributed by atoms with Crippen LogP contribution in [0.15, 0.2) is 54.9 Å². The summed E-state index contributed by atoms with van der Waals surface area (Å²) in [6, 6.07) is 15.8. The topological polar surface area (TPSA) is 96.3 Å². The van der Waals surface area contributed by atoms with Crippen molar-refractivity contribution in [3.8, 4) is 0 Å². The number of carbonyl (C=O) groups is 3. The molecule has 186 valence electrons. The van der Waals surface area contributed by atoms with Gasteiger partial charge in [-0.05, 0) is 44.7 Å². The molecule has 1 aromatic heterocycles. The van der Waals surface area contributed by atoms with E-state index in [4.69, 9.17) is 0 Å². The summed E-state index contributed by atoms with van der Waals surface area (Å²) < 4.78 is 1.65. The molecule has 1 fully saturated rings. The van der Waals surface area contributed by atoms with Crippen LogP contribution in [-0.2, 0) is 24.4 Å². The van der Waals surface area contributed by atoms with Crippen LogP contribution in [0, 0.1) is 13.8 Å². The van der Waals surface area contributed by atoms with Crippen molar-refractivity contribution in [2.24, 2.45) is 0 Å². The molecule has 2 aliphatic rings. The smallest absolute Gasteiger partial charge is 0.274 e. The number of rotatable bonds is 7. The first-order valence-corrected chi connectivity index (χ1v) is 12.3. The molecular formula is C28H31N5O3. The highest BCUT2D eigenvalue weighted by atomic mass is 16.2. The summed E-state index contributed by atoms with van der Waals surface area (Å²) >= 11 is 0. The van der Waals surface area contributed by atoms with Gasteiger partial charge in [0, 0.05) is 19.1 Å². The minimum atomic E-state index is -1.08. The fourth-order valence-corrected chi connectivity index (χ4v) is 5.00. The van der Waals surface area contributed by atoms with Crippen molar-refractivity contribution < 1.29 is 14.4 Å². The van der Waals surface area contributed by atoms with Crippen molar-refractivity contribution in [2.45, 2.75) is 64.8 Å². The lowest BCUT2D eigenvalue weighted by Crippen LogP contribution is -2.64. The van der Waals surface area contributed by atoms with Gasteiger partial charge in [-0.1, -0.05) is 59.7 Å². The summed E-state index contributed by atoms with van der Waals surface area (Å²) in [4.78, 5) is 46.2. The van der Waals surface area contributed by atoms with Gasteiger partial charge < -0.3 is 20.1 Å². The number of fused-ring (bicyclic) bond motifs is 1. The third-order valence-corrected chi connectivity index (χ3v) is 6.96. The fraction of sp³-hybridized carbons (Fsp3) is 0.357. The Morgan fingerprint density at radius 1 is 1.00 bits per heavy atom. The van der Waals surface area contributed by atoms with E-state index in [1.54, 1.807) is 16.4 Å². The lowest BCUT2D eigenvalue weighted by molar-refractivity contribution is -0.133. The highest BCUT2D eigenvalue weighted by molar-refractivity contribution is 6.07. The van der Waals surface area contributed by atoms with Gasteiger partial charge in [-0.2, -0.15) is 0 Å². The summed E-state index contributed by atoms with van der Waals surface area (Å²) in [5.74, 6) is -0.939. The van der Waals surface area contributed by atoms with Gasteiger partial charge in [0.05, 0.1) is 12.9 Å². The first-order chi connectivity index (χ1) is 17.3. The Hall–Kier alpha value is -3.94. The van der Waals surface area contributed by atoms with Crippen LogP contribution in [0.2, 0.25) is 0 Å². The number of imidazole rings is 1. The second-order valence-electron chi connectivity index (χ2n) is 10.1. The zero-order valence-corrected chi connectivity index (χ0v) is 20.9. The number of aromatic nitrogens is 2. The van der Waals surface area contributed by atoms with Crippen molar-refractivity contribution in [2.75, 3.05) is 0 Å². The summed E-state index contributed by atoms with van der Waals surface area (Å²) in [6.45, 7) is 6.77. The van der Waals surface area contributed by atoms with E-state index in [2.05, 4.69) is 15.6 Å². The van der Waals surface area contributed by atoms with Crippen LogP contribution in [0.3, 0.4) is 0 Å². The SMILES string of the molecule is Cc1cccc(CNC(=O)c2ncn3c2C(=O)N(C2CC2)[C@@](C)(C(=O)NCc2cccc(C)c2)C3)c1. The number of aryl methyl sites for hydroxylation is 2. The summed E-state index contributed by atoms with van der Waals surface area (Å²) in [5, 5.41) is 5.91. The molecule has 2 heterocycles. The van der Waals surface area contributed by atoms with Crippen molar-refractivity contribution in [1.29, 1.82) is 0 Å². The lowest BCUT2D eigenvalue weighted by Gasteiger charge is -2.44. The molecule has 36 heavy (non-hydrogen) atoms. The molecule has 1 saturated carbocycles. The van der Waals surface area contributed by atoms with Gasteiger partial charge in [0.2, 0.25) is 5.91 Å². The number of nitrogens with zero attached hydrogens (tertiary/aromatic N) is 3. The standard InChI is InChI=1S/C28H31N5O3/c1-18-6-4-8-20(12-18)14-29-25(34)23-24-26(35)33(22-10-11-22)28(3,16-32(24)17-31-23)27(36)30-15-21-9-5-7-19(2)13-21/h4-9,12-13,17,22H,10-11,14-16H2,1-3H3,(H,29,34)(H,30,36)/t28-/m1/s1. The average molecular weight is 486 g/mol. The number of hydrogen-bond donors (Lipinski definition) is 2. The quantitative estimate of drug-likeness (QED) is 0.538. The van der Waals surface area contributed by atoms with Gasteiger partial charge in [0.25, 0.3) is 11.8 Å². The van der Waals surface area contributed by atoms with Crippen molar-refractivity contribution >= 4 is 17.7 Å². The number of hydrogen-bond acceptors (Lipinski definition) is 4. The molecule has 1 aliphatic carbocycles. The van der Waals surface area contributed by atoms with E-state index < -0.39 is 11.4 Å². The first-order valence-electron chi connectivity index (χ1n) is 12.3. The molecule has 0 saturated heterocycles. The molecule has 2 N–H and O–H groups in total. The van der Waals surface area contributed by atoms with Crippen molar-refractivity contribution in [3.05, 3.63) is 88.5 Å². The second kappa shape index (κ2) is 9.26. The van der Waals surface area contributed by atoms with E-state index in [-0.39, 0.29) is 35.8 Å². The van der Waals surface area contributed by atoms with Crippen LogP contribution in [0.25, 0.3) is 0 Å². The van der Waals surface area contributed by atoms with E-state index in [1.165, 1.54) is 6.33 Å². The number of carbonyl (C=O) groups excluding carboxylic acids is 3. The molecule has 0 spiro atoms. The minimum absolute atomic E-state index is 0.0147. The summed E-state index contributed by atoms with van der Waals surface area (Å²) in [6.07, 6.45) is 3.18. The van der Waals surface area contributed by atoms with E-state index in [0.29, 0.717) is 13.1 Å². The number of nitrogens with one attached hydrogen (secondary N) is 2. The highest BCUT2D eigenvalue weighted by Gasteiger charge is 2.53. The molecule has 0 unspecified atom stereocenters. The van der Waals surface area contributed by atoms with Crippen LogP contribution in [0.4, 0.5) is 0 Å². The number of benzene rings is 2. The Kier molecular flexibility index (Phi) is 6.12. The third kappa shape index (κ3) is 4.51. The zero-order chi connectivity index (χ0) is 25.4. The van der Waals surface area contributed by atoms with E-state index >= 15 is 0 Å². The summed E-state index contributed by atoms with van der Waals surface area (Å²) in [5.41, 5.74) is 3.47. The predicted octanol–water partition coefficient (Wildman–Crippen LogP) is 3.12. The molecule has 0 radical (unpaired) electrons. The van der Waals surface area contributed by atoms with Gasteiger partial charge in [-0.3, -0.25) is 14.4 Å². The van der Waals surface area contributed by atoms with E-state index in [0.717, 1.165) is 35.1 Å². The largest absolute Gasteiger partial charge is 0.350 e. The molecule has 1 atom stereocenters. The van der Waals surface area contributed by atoms with Gasteiger partial charge in [0.1, 0.15) is 11.2 Å². The molecule has 3 aromatic rings. The Bertz CT molecular complexity index is 1340. The number of amides is 3. The Balaban J connectivity index is 1.36. The van der Waals surface area contributed by atoms with Crippen LogP contribution >= 0.6 is 0 Å². The Morgan fingerprint density at radius 3 is 2.19 bits per heavy atom. The molecule has 0 bridgehead atoms. The Labute approximate surface area is 210 Å². The third-order valence-electron chi connectivity index (χ3n) is 6.96. The predicted molar refractivity (Wildman–Crippen MR) is 135 cm³/mol. The van der Waals surface area contributed by atoms with E-state index in [1.807, 2.05) is 62.4 Å². The lowest BCUT2D eigenvalue weighted by atomic mass is 9.93. The normalized spacial score (nSPS) is 19.1. The molecule has 8 nitrogen and oxygen atoms in total. The van der Waals surface area contributed by atoms with E-state index in [9.17, 15) is 14.4 Å². The van der Waals surface area contributed by atoms with Gasteiger partial charge >= 0.3 is 0 Å². The molecule has 2 aromatic carbocycles. The average Bonchev–Trinajstić information content (AvgIpc) is 3.58. The first kappa shape index (κ1) is 23.8. The van der Waals surface area contributed by atoms with Crippen LogP contribution in [-0.4, -0.2) is 43.8 Å². The monoisotopic (exact) mass is 485 g/mol. The van der Waals surface area contributed by atoms with Gasteiger partial charge in [-0.25, -0.2) is 4.98 Å². The molecule has 8 heteroatoms. The fourth-order valence-electron chi connectivity index (χ4n) is 5.00. The van der Waals surface area contributed by atoms with Crippen molar-refractivity contribution in [1.82, 2.24) is 25.1 Å². The highest BCUT2D eigenvalue weighted by Crippen LogP contribution is 2.38. The zero-order valence-electron chi connectivity index (χ0n) is 20.9. The maximum absolute atomic E-state index is 13.7. The molecule has 3 amide bonds. The Morgan fingerprint density at radius 2 is 1.61 bits per heavy atom. The van der Waals surface area contributed by atoms with Gasteiger partial charge in [-0.15, -0.1) is 0 Å². The van der Waals surface area contributed by atoms with Crippen LogP contribution < -0.4 is 10.6 Å². The molecule has 1 aliphatic heterocycles.